The number of hydrogen-bond acceptors (Lipinski definition) is 8. The highest BCUT2D eigenvalue weighted by Gasteiger charge is 2.26. The first-order valence-corrected chi connectivity index (χ1v) is 15.8. The Bertz CT molecular complexity index is 1860. The number of likely N-dealkylation sites (tertiary alicyclic amines) is 1. The average Bonchev–Trinajstić information content (AvgIpc) is 3.12. The summed E-state index contributed by atoms with van der Waals surface area (Å²) >= 11 is 0. The van der Waals surface area contributed by atoms with Gasteiger partial charge in [0.15, 0.2) is 23.1 Å². The molecule has 1 aliphatic heterocycles. The molecule has 0 saturated carbocycles. The molecule has 1 N–H and O–H groups in total. The van der Waals surface area contributed by atoms with Crippen molar-refractivity contribution in [2.45, 2.75) is 32.0 Å². The lowest BCUT2D eigenvalue weighted by Gasteiger charge is -2.40. The molecule has 1 aliphatic rings. The molecule has 3 aromatic carbocycles. The van der Waals surface area contributed by atoms with Crippen LogP contribution in [-0.2, 0) is 13.1 Å². The van der Waals surface area contributed by atoms with E-state index in [-0.39, 0.29) is 11.8 Å². The number of aromatic nitrogens is 2. The molecule has 0 amide bonds. The summed E-state index contributed by atoms with van der Waals surface area (Å²) < 4.78 is 45.1. The minimum absolute atomic E-state index is 0.0937. The van der Waals surface area contributed by atoms with E-state index in [4.69, 9.17) is 14.2 Å². The highest BCUT2D eigenvalue weighted by Crippen LogP contribution is 2.41. The van der Waals surface area contributed by atoms with Crippen molar-refractivity contribution in [2.75, 3.05) is 39.3 Å². The van der Waals surface area contributed by atoms with Crippen molar-refractivity contribution in [2.24, 2.45) is 0 Å². The zero-order valence-corrected chi connectivity index (χ0v) is 27.2. The molecule has 8 nitrogen and oxygen atoms in total. The van der Waals surface area contributed by atoms with Crippen molar-refractivity contribution in [1.82, 2.24) is 14.9 Å². The largest absolute Gasteiger partial charge is 0.508 e. The van der Waals surface area contributed by atoms with Gasteiger partial charge in [0.25, 0.3) is 0 Å². The second-order valence-electron chi connectivity index (χ2n) is 11.8. The van der Waals surface area contributed by atoms with Gasteiger partial charge in [-0.25, -0.2) is 8.78 Å². The Kier molecular flexibility index (Phi) is 10.0. The molecule has 0 atom stereocenters. The molecule has 2 aromatic heterocycles. The maximum atomic E-state index is 14.5. The highest BCUT2D eigenvalue weighted by atomic mass is 19.2. The van der Waals surface area contributed by atoms with E-state index in [0.717, 1.165) is 66.0 Å². The summed E-state index contributed by atoms with van der Waals surface area (Å²) in [6.07, 6.45) is 7.05. The lowest BCUT2D eigenvalue weighted by Crippen LogP contribution is -2.44. The second-order valence-corrected chi connectivity index (χ2v) is 11.8. The van der Waals surface area contributed by atoms with Gasteiger partial charge in [0.05, 0.1) is 27.0 Å². The van der Waals surface area contributed by atoms with E-state index in [1.807, 2.05) is 36.4 Å². The molecule has 0 aliphatic carbocycles. The van der Waals surface area contributed by atoms with Gasteiger partial charge in [-0.3, -0.25) is 14.9 Å². The third-order valence-electron chi connectivity index (χ3n) is 8.75. The molecule has 5 aromatic rings. The molecule has 1 fully saturated rings. The van der Waals surface area contributed by atoms with Gasteiger partial charge < -0.3 is 24.2 Å². The monoisotopic (exact) mass is 652 g/mol. The van der Waals surface area contributed by atoms with E-state index >= 15 is 0 Å². The molecular weight excluding hydrogens is 614 g/mol. The number of rotatable bonds is 11. The molecule has 0 unspecified atom stereocenters. The molecule has 0 bridgehead atoms. The van der Waals surface area contributed by atoms with Crippen LogP contribution in [0.2, 0.25) is 0 Å². The predicted octanol–water partition coefficient (Wildman–Crippen LogP) is 7.49. The fraction of sp³-hybridized carbons (Fsp3) is 0.263. The van der Waals surface area contributed by atoms with Crippen LogP contribution in [0.3, 0.4) is 0 Å². The summed E-state index contributed by atoms with van der Waals surface area (Å²) in [6.45, 7) is 2.88. The maximum absolute atomic E-state index is 14.5. The Balaban J connectivity index is 1.21. The van der Waals surface area contributed by atoms with E-state index in [9.17, 15) is 13.9 Å². The standard InChI is InChI=1S/C38H38F2N4O4/c1-46-36-18-28(19-37(47-2)38(36)48-3)29-15-26(21-41-22-29)24-44(31-7-8-33(39)34(40)20-31)30-10-13-43(14-11-30)23-25-9-12-42-35(16-25)27-5-4-6-32(45)17-27/h4-9,12,15-22,30,45H,10-11,13-14,23-24H2,1-3H3. The quantitative estimate of drug-likeness (QED) is 0.157. The third-order valence-corrected chi connectivity index (χ3v) is 8.75. The van der Waals surface area contributed by atoms with Crippen LogP contribution >= 0.6 is 0 Å². The summed E-state index contributed by atoms with van der Waals surface area (Å²) in [5, 5.41) is 9.90. The first kappa shape index (κ1) is 32.7. The number of halogens is 2. The number of pyridine rings is 2. The Morgan fingerprint density at radius 1 is 0.792 bits per heavy atom. The number of hydrogen-bond donors (Lipinski definition) is 1. The molecule has 10 heteroatoms. The van der Waals surface area contributed by atoms with Gasteiger partial charge >= 0.3 is 0 Å². The first-order chi connectivity index (χ1) is 23.3. The summed E-state index contributed by atoms with van der Waals surface area (Å²) in [7, 11) is 4.71. The molecule has 0 radical (unpaired) electrons. The number of phenolic OH excluding ortho intramolecular Hbond substituents is 1. The van der Waals surface area contributed by atoms with Crippen molar-refractivity contribution in [3.63, 3.8) is 0 Å². The lowest BCUT2D eigenvalue weighted by molar-refractivity contribution is 0.201. The minimum atomic E-state index is -0.875. The summed E-state index contributed by atoms with van der Waals surface area (Å²) in [5.41, 5.74) is 6.05. The van der Waals surface area contributed by atoms with Crippen LogP contribution in [-0.4, -0.2) is 60.4 Å². The topological polar surface area (TPSA) is 80.2 Å². The van der Waals surface area contributed by atoms with Crippen LogP contribution < -0.4 is 19.1 Å². The van der Waals surface area contributed by atoms with Gasteiger partial charge in [-0.2, -0.15) is 0 Å². The van der Waals surface area contributed by atoms with Gasteiger partial charge in [-0.1, -0.05) is 12.1 Å². The summed E-state index contributed by atoms with van der Waals surface area (Å²) in [6, 6.07) is 21.2. The van der Waals surface area contributed by atoms with Crippen molar-refractivity contribution >= 4 is 5.69 Å². The molecule has 3 heterocycles. The molecule has 48 heavy (non-hydrogen) atoms. The number of ether oxygens (including phenoxy) is 3. The second kappa shape index (κ2) is 14.7. The predicted molar refractivity (Wildman–Crippen MR) is 182 cm³/mol. The molecule has 1 saturated heterocycles. The highest BCUT2D eigenvalue weighted by molar-refractivity contribution is 5.71. The summed E-state index contributed by atoms with van der Waals surface area (Å²) in [5.74, 6) is 0.0340. The van der Waals surface area contributed by atoms with Crippen LogP contribution in [0, 0.1) is 11.6 Å². The fourth-order valence-corrected chi connectivity index (χ4v) is 6.31. The average molecular weight is 653 g/mol. The lowest BCUT2D eigenvalue weighted by atomic mass is 9.99. The zero-order chi connectivity index (χ0) is 33.6. The van der Waals surface area contributed by atoms with Crippen molar-refractivity contribution in [3.8, 4) is 45.4 Å². The number of nitrogens with zero attached hydrogens (tertiary/aromatic N) is 4. The maximum Gasteiger partial charge on any atom is 0.203 e. The normalized spacial score (nSPS) is 13.7. The van der Waals surface area contributed by atoms with Gasteiger partial charge in [-0.05, 0) is 84.1 Å². The number of phenols is 1. The van der Waals surface area contributed by atoms with Gasteiger partial charge in [0.1, 0.15) is 5.75 Å². The third kappa shape index (κ3) is 7.34. The SMILES string of the molecule is COc1cc(-c2cncc(CN(c3ccc(F)c(F)c3)C3CCN(Cc4ccnc(-c5cccc(O)c5)c4)CC3)c2)cc(OC)c1OC. The number of aromatic hydroxyl groups is 1. The van der Waals surface area contributed by atoms with Crippen molar-refractivity contribution < 1.29 is 28.1 Å². The summed E-state index contributed by atoms with van der Waals surface area (Å²) in [4.78, 5) is 13.6. The van der Waals surface area contributed by atoms with Gasteiger partial charge in [0.2, 0.25) is 5.75 Å². The number of benzene rings is 3. The molecular formula is C38H38F2N4O4. The number of methoxy groups -OCH3 is 3. The van der Waals surface area contributed by atoms with E-state index in [1.165, 1.54) is 12.1 Å². The molecule has 248 valence electrons. The van der Waals surface area contributed by atoms with E-state index < -0.39 is 11.6 Å². The van der Waals surface area contributed by atoms with Crippen LogP contribution in [0.4, 0.5) is 14.5 Å². The molecule has 0 spiro atoms. The van der Waals surface area contributed by atoms with Gasteiger partial charge in [-0.15, -0.1) is 0 Å². The van der Waals surface area contributed by atoms with Crippen LogP contribution in [0.25, 0.3) is 22.4 Å². The van der Waals surface area contributed by atoms with Crippen molar-refractivity contribution in [3.05, 3.63) is 114 Å². The van der Waals surface area contributed by atoms with Crippen molar-refractivity contribution in [1.29, 1.82) is 0 Å². The Hall–Kier alpha value is -5.22. The van der Waals surface area contributed by atoms with Gasteiger partial charge in [0, 0.05) is 73.7 Å². The fourth-order valence-electron chi connectivity index (χ4n) is 6.31. The van der Waals surface area contributed by atoms with Crippen LogP contribution in [0.15, 0.2) is 91.4 Å². The minimum Gasteiger partial charge on any atom is -0.508 e. The Morgan fingerprint density at radius 3 is 2.25 bits per heavy atom. The smallest absolute Gasteiger partial charge is 0.203 e. The first-order valence-electron chi connectivity index (χ1n) is 15.8. The van der Waals surface area contributed by atoms with Crippen LogP contribution in [0.1, 0.15) is 24.0 Å². The van der Waals surface area contributed by atoms with E-state index in [2.05, 4.69) is 25.8 Å². The number of piperidine rings is 1. The molecule has 6 rings (SSSR count). The van der Waals surface area contributed by atoms with E-state index in [0.29, 0.717) is 29.5 Å². The Morgan fingerprint density at radius 2 is 1.56 bits per heavy atom. The Labute approximate surface area is 279 Å². The van der Waals surface area contributed by atoms with Crippen LogP contribution in [0.5, 0.6) is 23.0 Å². The van der Waals surface area contributed by atoms with E-state index in [1.54, 1.807) is 58.1 Å². The number of anilines is 1. The zero-order valence-electron chi connectivity index (χ0n) is 27.2.